The van der Waals surface area contributed by atoms with Crippen LogP contribution in [0.1, 0.15) is 22.3 Å². The number of carbonyl (C=O) groups excluding carboxylic acids is 1. The summed E-state index contributed by atoms with van der Waals surface area (Å²) in [5.41, 5.74) is 1.44. The van der Waals surface area contributed by atoms with Crippen molar-refractivity contribution in [3.8, 4) is 11.5 Å². The quantitative estimate of drug-likeness (QED) is 0.176. The fraction of sp³-hybridized carbons (Fsp3) is 0.167. The predicted molar refractivity (Wildman–Crippen MR) is 134 cm³/mol. The van der Waals surface area contributed by atoms with Gasteiger partial charge in [0.05, 0.1) is 34.7 Å². The minimum absolute atomic E-state index is 0.183. The molecular weight excluding hydrogens is 583 g/mol. The summed E-state index contributed by atoms with van der Waals surface area (Å²) >= 11 is 9.30. The zero-order valence-corrected chi connectivity index (χ0v) is 21.4. The van der Waals surface area contributed by atoms with E-state index in [9.17, 15) is 28.1 Å². The molecule has 0 spiro atoms. The van der Waals surface area contributed by atoms with Gasteiger partial charge in [0.15, 0.2) is 11.5 Å². The Morgan fingerprint density at radius 3 is 2.51 bits per heavy atom. The molecule has 0 aromatic heterocycles. The van der Waals surface area contributed by atoms with Crippen molar-refractivity contribution in [3.63, 3.8) is 0 Å². The number of hydrazone groups is 1. The summed E-state index contributed by atoms with van der Waals surface area (Å²) in [4.78, 5) is 22.4. The average molecular weight is 601 g/mol. The van der Waals surface area contributed by atoms with Gasteiger partial charge in [0.1, 0.15) is 6.61 Å². The average Bonchev–Trinajstić information content (AvgIpc) is 2.83. The summed E-state index contributed by atoms with van der Waals surface area (Å²) in [6.45, 7) is 0.256. The summed E-state index contributed by atoms with van der Waals surface area (Å²) in [7, 11) is 1.45. The van der Waals surface area contributed by atoms with Crippen molar-refractivity contribution in [1.29, 1.82) is 0 Å². The van der Waals surface area contributed by atoms with Crippen LogP contribution in [0.2, 0.25) is 5.02 Å². The largest absolute Gasteiger partial charge is 0.493 e. The lowest BCUT2D eigenvalue weighted by Gasteiger charge is -2.13. The van der Waals surface area contributed by atoms with Crippen LogP contribution in [-0.4, -0.2) is 24.2 Å². The molecule has 194 valence electrons. The maximum Gasteiger partial charge on any atom is 0.416 e. The van der Waals surface area contributed by atoms with E-state index in [1.54, 1.807) is 24.3 Å². The number of rotatable bonds is 9. The number of nitro groups is 1. The smallest absolute Gasteiger partial charge is 0.416 e. The molecule has 0 bridgehead atoms. The van der Waals surface area contributed by atoms with E-state index in [1.165, 1.54) is 13.3 Å². The molecule has 0 aliphatic rings. The lowest BCUT2D eigenvalue weighted by molar-refractivity contribution is -0.385. The number of carbonyl (C=O) groups is 1. The van der Waals surface area contributed by atoms with Crippen LogP contribution in [-0.2, 0) is 24.0 Å². The zero-order chi connectivity index (χ0) is 27.2. The molecule has 3 rings (SSSR count). The number of halogens is 5. The van der Waals surface area contributed by atoms with Gasteiger partial charge in [0, 0.05) is 16.7 Å². The molecule has 0 fully saturated rings. The fourth-order valence-electron chi connectivity index (χ4n) is 3.14. The van der Waals surface area contributed by atoms with Crippen molar-refractivity contribution in [1.82, 2.24) is 5.43 Å². The molecule has 0 aliphatic heterocycles. The highest BCUT2D eigenvalue weighted by Crippen LogP contribution is 2.37. The van der Waals surface area contributed by atoms with Crippen LogP contribution in [0.25, 0.3) is 0 Å². The first-order chi connectivity index (χ1) is 17.5. The summed E-state index contributed by atoms with van der Waals surface area (Å²) in [5, 5.41) is 15.6. The second kappa shape index (κ2) is 12.1. The Morgan fingerprint density at radius 1 is 1.19 bits per heavy atom. The van der Waals surface area contributed by atoms with E-state index in [0.717, 1.165) is 11.6 Å². The van der Waals surface area contributed by atoms with E-state index in [-0.39, 0.29) is 12.2 Å². The summed E-state index contributed by atoms with van der Waals surface area (Å²) in [6.07, 6.45) is -3.99. The number of hydrogen-bond acceptors (Lipinski definition) is 6. The van der Waals surface area contributed by atoms with Crippen molar-refractivity contribution < 1.29 is 32.4 Å². The summed E-state index contributed by atoms with van der Waals surface area (Å²) < 4.78 is 50.3. The molecular formula is C24H18BrClF3N3O5. The van der Waals surface area contributed by atoms with Crippen molar-refractivity contribution in [3.05, 3.63) is 96.5 Å². The molecule has 0 saturated carbocycles. The van der Waals surface area contributed by atoms with Crippen molar-refractivity contribution >= 4 is 45.3 Å². The lowest BCUT2D eigenvalue weighted by Crippen LogP contribution is -2.20. The number of nitrogens with one attached hydrogen (secondary N) is 1. The number of methoxy groups -OCH3 is 1. The molecule has 0 saturated heterocycles. The molecule has 37 heavy (non-hydrogen) atoms. The molecule has 3 aromatic carbocycles. The van der Waals surface area contributed by atoms with E-state index >= 15 is 0 Å². The Kier molecular flexibility index (Phi) is 9.11. The molecule has 1 N–H and O–H groups in total. The highest BCUT2D eigenvalue weighted by molar-refractivity contribution is 9.10. The predicted octanol–water partition coefficient (Wildman–Crippen LogP) is 6.31. The van der Waals surface area contributed by atoms with E-state index in [4.69, 9.17) is 21.1 Å². The van der Waals surface area contributed by atoms with Crippen molar-refractivity contribution in [2.45, 2.75) is 19.2 Å². The van der Waals surface area contributed by atoms with Gasteiger partial charge in [0.2, 0.25) is 5.91 Å². The van der Waals surface area contributed by atoms with Crippen LogP contribution in [0, 0.1) is 10.1 Å². The van der Waals surface area contributed by atoms with Gasteiger partial charge in [-0.3, -0.25) is 14.9 Å². The third kappa shape index (κ3) is 7.67. The summed E-state index contributed by atoms with van der Waals surface area (Å²) in [6, 6.07) is 12.4. The number of alkyl halides is 3. The van der Waals surface area contributed by atoms with Crippen LogP contribution >= 0.6 is 27.5 Å². The molecule has 8 nitrogen and oxygen atoms in total. The van der Waals surface area contributed by atoms with Gasteiger partial charge in [0.25, 0.3) is 5.69 Å². The first kappa shape index (κ1) is 27.9. The highest BCUT2D eigenvalue weighted by atomic mass is 79.9. The Labute approximate surface area is 222 Å². The normalized spacial score (nSPS) is 11.4. The number of amides is 1. The number of ether oxygens (including phenoxy) is 2. The standard InChI is InChI=1S/C24H18BrClF3N3O5/c1-36-21-9-15(8-19(25)23(21)37-13-14-2-6-18(26)7-3-14)12-30-31-22(33)10-16-4-5-17(24(27,28)29)11-20(16)32(34)35/h2-9,11-12H,10,13H2,1H3,(H,31,33). The third-order valence-electron chi connectivity index (χ3n) is 4.91. The van der Waals surface area contributed by atoms with Crippen LogP contribution in [0.4, 0.5) is 18.9 Å². The van der Waals surface area contributed by atoms with E-state index < -0.39 is 34.7 Å². The second-order valence-electron chi connectivity index (χ2n) is 7.52. The van der Waals surface area contributed by atoms with Gasteiger partial charge < -0.3 is 9.47 Å². The van der Waals surface area contributed by atoms with Gasteiger partial charge in [-0.2, -0.15) is 18.3 Å². The first-order valence-electron chi connectivity index (χ1n) is 10.4. The fourth-order valence-corrected chi connectivity index (χ4v) is 3.84. The Hall–Kier alpha value is -3.64. The van der Waals surface area contributed by atoms with E-state index in [2.05, 4.69) is 26.5 Å². The van der Waals surface area contributed by atoms with Crippen LogP contribution in [0.15, 0.2) is 64.2 Å². The minimum Gasteiger partial charge on any atom is -0.493 e. The number of nitro benzene ring substituents is 1. The van der Waals surface area contributed by atoms with Crippen LogP contribution in [0.3, 0.4) is 0 Å². The topological polar surface area (TPSA) is 103 Å². The second-order valence-corrected chi connectivity index (χ2v) is 8.81. The molecule has 0 aliphatic carbocycles. The van der Waals surface area contributed by atoms with Crippen LogP contribution < -0.4 is 14.9 Å². The van der Waals surface area contributed by atoms with Crippen LogP contribution in [0.5, 0.6) is 11.5 Å². The minimum atomic E-state index is -4.75. The first-order valence-corrected chi connectivity index (χ1v) is 11.6. The molecule has 0 atom stereocenters. The maximum atomic E-state index is 12.8. The van der Waals surface area contributed by atoms with Gasteiger partial charge in [-0.15, -0.1) is 0 Å². The maximum absolute atomic E-state index is 12.8. The molecule has 0 heterocycles. The molecule has 3 aromatic rings. The van der Waals surface area contributed by atoms with Gasteiger partial charge >= 0.3 is 6.18 Å². The van der Waals surface area contributed by atoms with E-state index in [1.807, 2.05) is 12.1 Å². The van der Waals surface area contributed by atoms with Gasteiger partial charge in [-0.05, 0) is 57.4 Å². The Bertz CT molecular complexity index is 1330. The lowest BCUT2D eigenvalue weighted by atomic mass is 10.1. The monoisotopic (exact) mass is 599 g/mol. The molecule has 0 radical (unpaired) electrons. The Balaban J connectivity index is 1.67. The zero-order valence-electron chi connectivity index (χ0n) is 19.0. The molecule has 0 unspecified atom stereocenters. The number of hydrogen-bond donors (Lipinski definition) is 1. The van der Waals surface area contributed by atoms with E-state index in [0.29, 0.717) is 38.7 Å². The highest BCUT2D eigenvalue weighted by Gasteiger charge is 2.33. The van der Waals surface area contributed by atoms with Gasteiger partial charge in [-0.25, -0.2) is 5.43 Å². The third-order valence-corrected chi connectivity index (χ3v) is 5.75. The number of nitrogens with zero attached hydrogens (tertiary/aromatic N) is 2. The molecule has 13 heteroatoms. The number of benzene rings is 3. The van der Waals surface area contributed by atoms with Gasteiger partial charge in [-0.1, -0.05) is 29.8 Å². The van der Waals surface area contributed by atoms with Crippen molar-refractivity contribution in [2.24, 2.45) is 5.10 Å². The SMILES string of the molecule is COc1cc(C=NNC(=O)Cc2ccc(C(F)(F)F)cc2[N+](=O)[O-])cc(Br)c1OCc1ccc(Cl)cc1. The van der Waals surface area contributed by atoms with Crippen molar-refractivity contribution in [2.75, 3.05) is 7.11 Å². The summed E-state index contributed by atoms with van der Waals surface area (Å²) in [5.74, 6) is 0.0674. The molecule has 1 amide bonds. The Morgan fingerprint density at radius 2 is 1.89 bits per heavy atom.